The Labute approximate surface area is 57.4 Å². The number of hydrogen-bond acceptors (Lipinski definition) is 4. The Morgan fingerprint density at radius 3 is 3.11 bits per heavy atom. The number of nitrogens with one attached hydrogen (secondary N) is 1. The molecule has 0 saturated carbocycles. The molecule has 0 aliphatic rings. The van der Waals surface area contributed by atoms with Gasteiger partial charge in [0.05, 0.1) is 0 Å². The zero-order valence-corrected chi connectivity index (χ0v) is 5.98. The minimum Gasteiger partial charge on any atom is -0.234 e. The van der Waals surface area contributed by atoms with Crippen LogP contribution in [-0.4, -0.2) is 26.4 Å². The lowest BCUT2D eigenvalue weighted by atomic mass is 10.6. The van der Waals surface area contributed by atoms with Crippen molar-refractivity contribution in [3.05, 3.63) is 0 Å². The molecule has 0 amide bonds. The molecule has 0 bridgehead atoms. The Morgan fingerprint density at radius 1 is 1.67 bits per heavy atom. The van der Waals surface area contributed by atoms with Crippen molar-refractivity contribution in [3.8, 4) is 0 Å². The Balaban J connectivity index is 2.30. The van der Waals surface area contributed by atoms with Crippen LogP contribution in [0.3, 0.4) is 0 Å². The van der Waals surface area contributed by atoms with Crippen LogP contribution in [0.5, 0.6) is 0 Å². The minimum atomic E-state index is 0.803. The van der Waals surface area contributed by atoms with Crippen molar-refractivity contribution in [1.82, 2.24) is 20.6 Å². The van der Waals surface area contributed by atoms with Gasteiger partial charge in [0, 0.05) is 5.75 Å². The molecule has 5 heteroatoms. The van der Waals surface area contributed by atoms with Crippen molar-refractivity contribution in [3.63, 3.8) is 0 Å². The van der Waals surface area contributed by atoms with Crippen molar-refractivity contribution in [2.45, 2.75) is 18.5 Å². The monoisotopic (exact) mass is 144 g/mol. The maximum atomic E-state index is 3.70. The van der Waals surface area contributed by atoms with Crippen molar-refractivity contribution < 1.29 is 0 Å². The maximum absolute atomic E-state index is 3.70. The van der Waals surface area contributed by atoms with E-state index < -0.39 is 0 Å². The number of rotatable bonds is 3. The third kappa shape index (κ3) is 2.01. The highest BCUT2D eigenvalue weighted by Gasteiger charge is 1.93. The number of tetrazole rings is 1. The predicted octanol–water partition coefficient (Wildman–Crippen LogP) is 0.702. The second-order valence-electron chi connectivity index (χ2n) is 1.55. The summed E-state index contributed by atoms with van der Waals surface area (Å²) in [5, 5.41) is 14.0. The molecule has 0 fully saturated rings. The lowest BCUT2D eigenvalue weighted by molar-refractivity contribution is 0.881. The van der Waals surface area contributed by atoms with E-state index in [-0.39, 0.29) is 0 Å². The molecule has 0 atom stereocenters. The van der Waals surface area contributed by atoms with E-state index >= 15 is 0 Å². The van der Waals surface area contributed by atoms with Gasteiger partial charge in [-0.15, -0.1) is 5.10 Å². The topological polar surface area (TPSA) is 54.5 Å². The van der Waals surface area contributed by atoms with E-state index in [2.05, 4.69) is 27.5 Å². The van der Waals surface area contributed by atoms with Gasteiger partial charge in [-0.3, -0.25) is 0 Å². The first-order chi connectivity index (χ1) is 4.43. The highest BCUT2D eigenvalue weighted by molar-refractivity contribution is 7.99. The van der Waals surface area contributed by atoms with Crippen LogP contribution >= 0.6 is 11.8 Å². The summed E-state index contributed by atoms with van der Waals surface area (Å²) in [6, 6.07) is 0. The van der Waals surface area contributed by atoms with Gasteiger partial charge in [-0.25, -0.2) is 5.10 Å². The van der Waals surface area contributed by atoms with Gasteiger partial charge >= 0.3 is 0 Å². The summed E-state index contributed by atoms with van der Waals surface area (Å²) in [5.41, 5.74) is 0. The fraction of sp³-hybridized carbons (Fsp3) is 0.750. The van der Waals surface area contributed by atoms with Crippen LogP contribution in [0.2, 0.25) is 0 Å². The van der Waals surface area contributed by atoms with E-state index in [9.17, 15) is 0 Å². The summed E-state index contributed by atoms with van der Waals surface area (Å²) < 4.78 is 0. The van der Waals surface area contributed by atoms with Crippen LogP contribution in [0.4, 0.5) is 0 Å². The Kier molecular flexibility index (Phi) is 2.50. The van der Waals surface area contributed by atoms with Crippen LogP contribution in [-0.2, 0) is 0 Å². The molecule has 0 radical (unpaired) electrons. The summed E-state index contributed by atoms with van der Waals surface area (Å²) in [7, 11) is 0. The Morgan fingerprint density at radius 2 is 2.56 bits per heavy atom. The molecule has 0 aromatic carbocycles. The van der Waals surface area contributed by atoms with Gasteiger partial charge in [0.15, 0.2) is 0 Å². The molecule has 0 aliphatic heterocycles. The molecular weight excluding hydrogens is 136 g/mol. The first-order valence-electron chi connectivity index (χ1n) is 2.80. The smallest absolute Gasteiger partial charge is 0.206 e. The maximum Gasteiger partial charge on any atom is 0.206 e. The molecule has 4 nitrogen and oxygen atoms in total. The van der Waals surface area contributed by atoms with Gasteiger partial charge in [-0.1, -0.05) is 18.7 Å². The second-order valence-corrected chi connectivity index (χ2v) is 2.64. The van der Waals surface area contributed by atoms with Gasteiger partial charge in [-0.05, 0) is 16.8 Å². The lowest BCUT2D eigenvalue weighted by Gasteiger charge is -1.87. The van der Waals surface area contributed by atoms with Gasteiger partial charge in [0.25, 0.3) is 0 Å². The molecule has 9 heavy (non-hydrogen) atoms. The van der Waals surface area contributed by atoms with Crippen molar-refractivity contribution in [2.24, 2.45) is 0 Å². The highest BCUT2D eigenvalue weighted by atomic mass is 32.2. The molecule has 50 valence electrons. The van der Waals surface area contributed by atoms with Gasteiger partial charge < -0.3 is 0 Å². The normalized spacial score (nSPS) is 9.89. The molecule has 0 unspecified atom stereocenters. The van der Waals surface area contributed by atoms with Crippen LogP contribution in [0, 0.1) is 0 Å². The summed E-state index contributed by atoms with van der Waals surface area (Å²) in [6.07, 6.45) is 1.14. The average Bonchev–Trinajstić information content (AvgIpc) is 2.34. The Bertz CT molecular complexity index is 150. The van der Waals surface area contributed by atoms with Crippen LogP contribution in [0.1, 0.15) is 13.3 Å². The van der Waals surface area contributed by atoms with Crippen molar-refractivity contribution in [1.29, 1.82) is 0 Å². The molecule has 0 aliphatic carbocycles. The first-order valence-corrected chi connectivity index (χ1v) is 3.78. The van der Waals surface area contributed by atoms with Gasteiger partial charge in [0.1, 0.15) is 0 Å². The quantitative estimate of drug-likeness (QED) is 0.634. The summed E-state index contributed by atoms with van der Waals surface area (Å²) >= 11 is 1.64. The molecular formula is C4H8N4S. The van der Waals surface area contributed by atoms with Crippen LogP contribution < -0.4 is 0 Å². The van der Waals surface area contributed by atoms with Crippen molar-refractivity contribution >= 4 is 11.8 Å². The van der Waals surface area contributed by atoms with Gasteiger partial charge in [0.2, 0.25) is 5.16 Å². The fourth-order valence-corrected chi connectivity index (χ4v) is 1.01. The number of aromatic amines is 1. The molecule has 0 saturated heterocycles. The Hall–Kier alpha value is -0.580. The standard InChI is InChI=1S/C4H8N4S/c1-2-3-9-4-5-7-8-6-4/h2-3H2,1H3,(H,5,6,7,8). The van der Waals surface area contributed by atoms with Crippen molar-refractivity contribution in [2.75, 3.05) is 5.75 Å². The number of nitrogens with zero attached hydrogens (tertiary/aromatic N) is 3. The SMILES string of the molecule is CCCSc1nnn[nH]1. The summed E-state index contributed by atoms with van der Waals surface area (Å²) in [5.74, 6) is 1.07. The predicted molar refractivity (Wildman–Crippen MR) is 35.2 cm³/mol. The molecule has 1 rings (SSSR count). The fourth-order valence-electron chi connectivity index (χ4n) is 0.410. The van der Waals surface area contributed by atoms with E-state index in [1.165, 1.54) is 0 Å². The highest BCUT2D eigenvalue weighted by Crippen LogP contribution is 2.09. The molecule has 1 aromatic rings. The number of hydrogen-bond donors (Lipinski definition) is 1. The second kappa shape index (κ2) is 3.45. The minimum absolute atomic E-state index is 0.803. The van der Waals surface area contributed by atoms with Gasteiger partial charge in [-0.2, -0.15) is 0 Å². The van der Waals surface area contributed by atoms with E-state index in [1.54, 1.807) is 11.8 Å². The number of H-pyrrole nitrogens is 1. The van der Waals surface area contributed by atoms with E-state index in [4.69, 9.17) is 0 Å². The lowest BCUT2D eigenvalue weighted by Crippen LogP contribution is -1.77. The third-order valence-electron chi connectivity index (χ3n) is 0.769. The number of thioether (sulfide) groups is 1. The average molecular weight is 144 g/mol. The summed E-state index contributed by atoms with van der Waals surface area (Å²) in [4.78, 5) is 0. The molecule has 1 heterocycles. The van der Waals surface area contributed by atoms with E-state index in [1.807, 2.05) is 0 Å². The zero-order valence-electron chi connectivity index (χ0n) is 5.16. The summed E-state index contributed by atoms with van der Waals surface area (Å²) in [6.45, 7) is 2.12. The molecule has 0 spiro atoms. The van der Waals surface area contributed by atoms with E-state index in [0.29, 0.717) is 0 Å². The molecule has 1 N–H and O–H groups in total. The zero-order chi connectivity index (χ0) is 6.53. The third-order valence-corrected chi connectivity index (χ3v) is 1.83. The first kappa shape index (κ1) is 6.54. The van der Waals surface area contributed by atoms with Crippen LogP contribution in [0.15, 0.2) is 5.16 Å². The largest absolute Gasteiger partial charge is 0.234 e. The van der Waals surface area contributed by atoms with E-state index in [0.717, 1.165) is 17.3 Å². The number of aromatic nitrogens is 4. The molecule has 1 aromatic heterocycles. The van der Waals surface area contributed by atoms with Crippen LogP contribution in [0.25, 0.3) is 0 Å².